The molecule has 1 aliphatic heterocycles. The Bertz CT molecular complexity index is 1500. The number of aromatic hydroxyl groups is 1. The van der Waals surface area contributed by atoms with Gasteiger partial charge in [-0.2, -0.15) is 15.2 Å². The van der Waals surface area contributed by atoms with Crippen LogP contribution >= 0.6 is 0 Å². The first-order chi connectivity index (χ1) is 18.0. The van der Waals surface area contributed by atoms with Crippen LogP contribution in [0.4, 0.5) is 21.0 Å². The number of carbonyl (C=O) groups excluding carboxylic acids is 1. The number of nitrogens with one attached hydrogen (secondary N) is 1. The maximum atomic E-state index is 13.0. The lowest BCUT2D eigenvalue weighted by atomic mass is 10.0. The van der Waals surface area contributed by atoms with Gasteiger partial charge in [-0.25, -0.2) is 9.59 Å². The lowest BCUT2D eigenvalue weighted by Gasteiger charge is -2.13. The zero-order valence-electron chi connectivity index (χ0n) is 20.4. The Kier molecular flexibility index (Phi) is 6.97. The normalized spacial score (nSPS) is 13.9. The van der Waals surface area contributed by atoms with E-state index in [4.69, 9.17) is 10.2 Å². The molecule has 38 heavy (non-hydrogen) atoms. The van der Waals surface area contributed by atoms with Crippen LogP contribution in [0.25, 0.3) is 11.1 Å². The number of carboxylic acid groups (broad SMARTS) is 2. The monoisotopic (exact) mass is 518 g/mol. The molecule has 0 atom stereocenters. The van der Waals surface area contributed by atoms with Crippen LogP contribution in [0.2, 0.25) is 0 Å². The van der Waals surface area contributed by atoms with Crippen molar-refractivity contribution >= 4 is 41.0 Å². The number of phenols is 1. The highest BCUT2D eigenvalue weighted by molar-refractivity contribution is 6.71. The number of hydrazone groups is 2. The highest BCUT2D eigenvalue weighted by Gasteiger charge is 2.31. The summed E-state index contributed by atoms with van der Waals surface area (Å²) >= 11 is 0. The summed E-state index contributed by atoms with van der Waals surface area (Å²) in [5.74, 6) is -1.21. The van der Waals surface area contributed by atoms with Gasteiger partial charge in [-0.3, -0.25) is 10.2 Å². The number of ether oxygens (including phenoxy) is 2. The Balaban J connectivity index is 1.63. The van der Waals surface area contributed by atoms with E-state index in [9.17, 15) is 19.5 Å². The Morgan fingerprint density at radius 1 is 0.921 bits per heavy atom. The molecule has 194 valence electrons. The van der Waals surface area contributed by atoms with Crippen LogP contribution in [0.3, 0.4) is 0 Å². The predicted molar refractivity (Wildman–Crippen MR) is 138 cm³/mol. The van der Waals surface area contributed by atoms with E-state index in [1.807, 2.05) is 26.0 Å². The average molecular weight is 518 g/mol. The fourth-order valence-corrected chi connectivity index (χ4v) is 3.69. The average Bonchev–Trinajstić information content (AvgIpc) is 3.12. The van der Waals surface area contributed by atoms with Crippen LogP contribution in [0.1, 0.15) is 18.1 Å². The molecule has 0 fully saturated rings. The molecular formula is C26H22N4O8. The second-order valence-corrected chi connectivity index (χ2v) is 8.27. The van der Waals surface area contributed by atoms with Gasteiger partial charge in [0.05, 0.1) is 17.1 Å². The fourth-order valence-electron chi connectivity index (χ4n) is 3.69. The Labute approximate surface area is 216 Å². The predicted octanol–water partition coefficient (Wildman–Crippen LogP) is 4.98. The SMILES string of the molecule is CC1=NN(c2ccc(C)c(C)c2)C(=O)C1=NNc1cccc(-c2cc(OC(=O)O)cc(OC(=O)O)c2)c1O. The van der Waals surface area contributed by atoms with Crippen molar-refractivity contribution in [2.75, 3.05) is 10.4 Å². The molecular weight excluding hydrogens is 496 g/mol. The second kappa shape index (κ2) is 10.3. The molecule has 0 unspecified atom stereocenters. The van der Waals surface area contributed by atoms with Crippen molar-refractivity contribution in [1.82, 2.24) is 0 Å². The van der Waals surface area contributed by atoms with Gasteiger partial charge in [0.1, 0.15) is 17.2 Å². The molecule has 0 saturated heterocycles. The van der Waals surface area contributed by atoms with Crippen molar-refractivity contribution < 1.29 is 39.2 Å². The minimum Gasteiger partial charge on any atom is -0.505 e. The topological polar surface area (TPSA) is 170 Å². The first-order valence-corrected chi connectivity index (χ1v) is 11.1. The van der Waals surface area contributed by atoms with E-state index in [-0.39, 0.29) is 39.8 Å². The minimum absolute atomic E-state index is 0.0435. The van der Waals surface area contributed by atoms with Gasteiger partial charge in [-0.1, -0.05) is 18.2 Å². The Morgan fingerprint density at radius 3 is 2.18 bits per heavy atom. The van der Waals surface area contributed by atoms with Crippen molar-refractivity contribution in [1.29, 1.82) is 0 Å². The lowest BCUT2D eigenvalue weighted by Crippen LogP contribution is -2.28. The van der Waals surface area contributed by atoms with Crippen LogP contribution in [-0.2, 0) is 4.79 Å². The summed E-state index contributed by atoms with van der Waals surface area (Å²) in [4.78, 5) is 35.0. The molecule has 3 aromatic carbocycles. The number of para-hydroxylation sites is 1. The van der Waals surface area contributed by atoms with Gasteiger partial charge < -0.3 is 24.8 Å². The number of amides is 1. The molecule has 1 aliphatic rings. The molecule has 0 bridgehead atoms. The van der Waals surface area contributed by atoms with E-state index in [2.05, 4.69) is 25.1 Å². The summed E-state index contributed by atoms with van der Waals surface area (Å²) in [5.41, 5.74) is 6.25. The van der Waals surface area contributed by atoms with Gasteiger partial charge in [0, 0.05) is 11.6 Å². The summed E-state index contributed by atoms with van der Waals surface area (Å²) in [5, 5.41) is 38.5. The third-order valence-corrected chi connectivity index (χ3v) is 5.65. The summed E-state index contributed by atoms with van der Waals surface area (Å²) in [7, 11) is 0. The van der Waals surface area contributed by atoms with E-state index in [1.165, 1.54) is 29.3 Å². The number of phenolic OH excluding ortho intramolecular Hbond substituents is 1. The van der Waals surface area contributed by atoms with E-state index >= 15 is 0 Å². The first-order valence-electron chi connectivity index (χ1n) is 11.1. The molecule has 0 aliphatic carbocycles. The fraction of sp³-hybridized carbons (Fsp3) is 0.115. The van der Waals surface area contributed by atoms with Crippen LogP contribution in [-0.4, -0.2) is 45.0 Å². The Hall–Kier alpha value is -5.39. The number of aryl methyl sites for hydroxylation is 2. The number of anilines is 2. The largest absolute Gasteiger partial charge is 0.511 e. The molecule has 0 aromatic heterocycles. The molecule has 12 nitrogen and oxygen atoms in total. The van der Waals surface area contributed by atoms with Gasteiger partial charge in [-0.15, -0.1) is 0 Å². The molecule has 1 amide bonds. The summed E-state index contributed by atoms with van der Waals surface area (Å²) in [6.45, 7) is 5.53. The van der Waals surface area contributed by atoms with Crippen molar-refractivity contribution in [3.8, 4) is 28.4 Å². The number of nitrogens with zero attached hydrogens (tertiary/aromatic N) is 3. The van der Waals surface area contributed by atoms with Crippen LogP contribution in [0.15, 0.2) is 64.8 Å². The van der Waals surface area contributed by atoms with Gasteiger partial charge in [0.2, 0.25) is 0 Å². The zero-order valence-corrected chi connectivity index (χ0v) is 20.4. The van der Waals surface area contributed by atoms with Crippen molar-refractivity contribution in [3.05, 3.63) is 65.7 Å². The van der Waals surface area contributed by atoms with Crippen molar-refractivity contribution in [2.45, 2.75) is 20.8 Å². The summed E-state index contributed by atoms with van der Waals surface area (Å²) in [6.07, 6.45) is -3.24. The van der Waals surface area contributed by atoms with Crippen LogP contribution < -0.4 is 19.9 Å². The molecule has 0 spiro atoms. The standard InChI is InChI=1S/C26H22N4O8/c1-13-7-8-17(9-14(13)2)30-24(32)22(15(3)29-30)28-27-21-6-4-5-20(23(21)31)16-10-18(37-25(33)34)12-19(11-16)38-26(35)36/h4-12,27,31H,1-3H3,(H,33,34)(H,35,36). The maximum Gasteiger partial charge on any atom is 0.511 e. The summed E-state index contributed by atoms with van der Waals surface area (Å²) < 4.78 is 9.27. The molecule has 3 aromatic rings. The van der Waals surface area contributed by atoms with E-state index in [1.54, 1.807) is 19.1 Å². The van der Waals surface area contributed by atoms with Gasteiger partial charge in [0.25, 0.3) is 0 Å². The van der Waals surface area contributed by atoms with Crippen LogP contribution in [0, 0.1) is 13.8 Å². The highest BCUT2D eigenvalue weighted by Crippen LogP contribution is 2.39. The van der Waals surface area contributed by atoms with E-state index in [0.717, 1.165) is 17.2 Å². The number of hydrogen-bond donors (Lipinski definition) is 4. The van der Waals surface area contributed by atoms with Gasteiger partial charge >= 0.3 is 18.2 Å². The molecule has 0 saturated carbocycles. The number of carbonyl (C=O) groups is 3. The first kappa shape index (κ1) is 25.7. The third kappa shape index (κ3) is 5.38. The molecule has 1 heterocycles. The quantitative estimate of drug-likeness (QED) is 0.152. The number of hydrogen-bond acceptors (Lipinski definition) is 9. The molecule has 4 N–H and O–H groups in total. The second-order valence-electron chi connectivity index (χ2n) is 8.27. The van der Waals surface area contributed by atoms with Crippen LogP contribution in [0.5, 0.6) is 17.2 Å². The number of benzene rings is 3. The lowest BCUT2D eigenvalue weighted by molar-refractivity contribution is -0.112. The van der Waals surface area contributed by atoms with Gasteiger partial charge in [0.15, 0.2) is 5.71 Å². The molecule has 0 radical (unpaired) electrons. The summed E-state index contributed by atoms with van der Waals surface area (Å²) in [6, 6.07) is 13.7. The smallest absolute Gasteiger partial charge is 0.505 e. The van der Waals surface area contributed by atoms with E-state index in [0.29, 0.717) is 11.4 Å². The minimum atomic E-state index is -1.62. The third-order valence-electron chi connectivity index (χ3n) is 5.65. The van der Waals surface area contributed by atoms with Crippen molar-refractivity contribution in [2.24, 2.45) is 10.2 Å². The Morgan fingerprint density at radius 2 is 1.58 bits per heavy atom. The van der Waals surface area contributed by atoms with E-state index < -0.39 is 18.2 Å². The van der Waals surface area contributed by atoms with Gasteiger partial charge in [-0.05, 0) is 67.8 Å². The molecule has 12 heteroatoms. The zero-order chi connectivity index (χ0) is 27.6. The van der Waals surface area contributed by atoms with Crippen molar-refractivity contribution in [3.63, 3.8) is 0 Å². The number of rotatable bonds is 6. The highest BCUT2D eigenvalue weighted by atomic mass is 16.7. The maximum absolute atomic E-state index is 13.0. The molecule has 4 rings (SSSR count).